The molecule has 0 unspecified atom stereocenters. The zero-order chi connectivity index (χ0) is 26.1. The number of methoxy groups -OCH3 is 1. The van der Waals surface area contributed by atoms with Crippen molar-refractivity contribution in [3.05, 3.63) is 77.9 Å². The number of hydrogen-bond acceptors (Lipinski definition) is 4. The second-order valence-electron chi connectivity index (χ2n) is 8.42. The summed E-state index contributed by atoms with van der Waals surface area (Å²) in [6.07, 6.45) is -11.7. The molecule has 0 saturated heterocycles. The van der Waals surface area contributed by atoms with Crippen LogP contribution in [0.15, 0.2) is 66.7 Å². The van der Waals surface area contributed by atoms with Crippen LogP contribution in [0.5, 0.6) is 11.5 Å². The largest absolute Gasteiger partial charge is 0.573 e. The minimum Gasteiger partial charge on any atom is -0.497 e. The summed E-state index contributed by atoms with van der Waals surface area (Å²) in [6.45, 7) is -0.785. The molecule has 36 heavy (non-hydrogen) atoms. The van der Waals surface area contributed by atoms with Gasteiger partial charge in [0.1, 0.15) is 11.5 Å². The van der Waals surface area contributed by atoms with Gasteiger partial charge in [0.05, 0.1) is 19.7 Å². The molecule has 192 valence electrons. The summed E-state index contributed by atoms with van der Waals surface area (Å²) < 4.78 is 87.6. The topological polar surface area (TPSA) is 41.9 Å². The molecule has 1 aliphatic rings. The molecule has 1 heterocycles. The molecule has 0 bridgehead atoms. The van der Waals surface area contributed by atoms with Gasteiger partial charge in [-0.05, 0) is 65.4 Å². The lowest BCUT2D eigenvalue weighted by Gasteiger charge is -2.41. The van der Waals surface area contributed by atoms with Crippen molar-refractivity contribution < 1.29 is 40.9 Å². The molecule has 0 spiro atoms. The number of hydrogen-bond donors (Lipinski definition) is 1. The Kier molecular flexibility index (Phi) is 7.08. The average Bonchev–Trinajstić information content (AvgIpc) is 2.82. The highest BCUT2D eigenvalue weighted by Gasteiger charge is 2.42. The van der Waals surface area contributed by atoms with Crippen molar-refractivity contribution in [1.82, 2.24) is 0 Å². The predicted molar refractivity (Wildman–Crippen MR) is 122 cm³/mol. The van der Waals surface area contributed by atoms with Gasteiger partial charge < -0.3 is 19.5 Å². The Hall–Kier alpha value is -3.40. The van der Waals surface area contributed by atoms with Crippen LogP contribution >= 0.6 is 0 Å². The third-order valence-electron chi connectivity index (χ3n) is 6.11. The van der Waals surface area contributed by atoms with E-state index in [1.54, 1.807) is 24.3 Å². The normalized spacial score (nSPS) is 16.9. The van der Waals surface area contributed by atoms with Crippen LogP contribution in [0.4, 0.5) is 32.0 Å². The van der Waals surface area contributed by atoms with E-state index >= 15 is 0 Å². The molecule has 2 atom stereocenters. The second-order valence-corrected chi connectivity index (χ2v) is 8.42. The first-order chi connectivity index (χ1) is 17.0. The van der Waals surface area contributed by atoms with Gasteiger partial charge in [-0.15, -0.1) is 13.2 Å². The van der Waals surface area contributed by atoms with Crippen LogP contribution < -0.4 is 14.4 Å². The van der Waals surface area contributed by atoms with E-state index in [-0.39, 0.29) is 0 Å². The highest BCUT2D eigenvalue weighted by molar-refractivity contribution is 5.76. The van der Waals surface area contributed by atoms with Gasteiger partial charge in [-0.1, -0.05) is 36.4 Å². The number of benzene rings is 3. The van der Waals surface area contributed by atoms with E-state index in [0.29, 0.717) is 29.8 Å². The smallest absolute Gasteiger partial charge is 0.497 e. The van der Waals surface area contributed by atoms with Crippen LogP contribution in [0, 0.1) is 0 Å². The Labute approximate surface area is 203 Å². The molecule has 4 rings (SSSR count). The molecule has 3 aromatic rings. The van der Waals surface area contributed by atoms with Gasteiger partial charge in [-0.25, -0.2) is 0 Å². The SMILES string of the molecule is COc1cccc(-c2cccc3c2CC[C@H](c2cccc(OC(F)(F)F)c2)N3C[C@H](O)C(F)(F)F)c1. The maximum Gasteiger partial charge on any atom is 0.573 e. The maximum atomic E-state index is 13.4. The van der Waals surface area contributed by atoms with Crippen LogP contribution in [0.3, 0.4) is 0 Å². The standard InChI is InChI=1S/C26H23F6NO3/c1-35-18-7-2-5-16(13-18)20-9-4-10-23-21(20)11-12-22(33(23)15-24(34)25(27,28)29)17-6-3-8-19(14-17)36-26(30,31)32/h2-10,13-14,22,24,34H,11-12,15H2,1H3/t22-,24+/m1/s1. The minimum atomic E-state index is -4.91. The van der Waals surface area contributed by atoms with Crippen LogP contribution in [0.25, 0.3) is 11.1 Å². The van der Waals surface area contributed by atoms with Gasteiger partial charge in [-0.3, -0.25) is 0 Å². The summed E-state index contributed by atoms with van der Waals surface area (Å²) in [4.78, 5) is 1.41. The van der Waals surface area contributed by atoms with E-state index in [1.165, 1.54) is 30.2 Å². The number of halogens is 6. The number of fused-ring (bicyclic) bond motifs is 1. The van der Waals surface area contributed by atoms with E-state index in [4.69, 9.17) is 4.74 Å². The molecular weight excluding hydrogens is 488 g/mol. The lowest BCUT2D eigenvalue weighted by atomic mass is 9.86. The Morgan fingerprint density at radius 1 is 0.944 bits per heavy atom. The van der Waals surface area contributed by atoms with Gasteiger partial charge in [0.15, 0.2) is 6.10 Å². The molecule has 0 aromatic heterocycles. The molecule has 3 aromatic carbocycles. The minimum absolute atomic E-state index is 0.314. The summed E-state index contributed by atoms with van der Waals surface area (Å²) in [5.74, 6) is 0.150. The third kappa shape index (κ3) is 5.70. The first-order valence-corrected chi connectivity index (χ1v) is 11.1. The monoisotopic (exact) mass is 511 g/mol. The van der Waals surface area contributed by atoms with Crippen molar-refractivity contribution >= 4 is 5.69 Å². The fraction of sp³-hybridized carbons (Fsp3) is 0.308. The number of anilines is 1. The number of aliphatic hydroxyl groups is 1. The van der Waals surface area contributed by atoms with Crippen molar-refractivity contribution in [1.29, 1.82) is 0 Å². The summed E-state index contributed by atoms with van der Waals surface area (Å²) in [5.41, 5.74) is 3.20. The van der Waals surface area contributed by atoms with E-state index in [1.807, 2.05) is 18.2 Å². The van der Waals surface area contributed by atoms with E-state index < -0.39 is 37.0 Å². The van der Waals surface area contributed by atoms with Gasteiger partial charge in [0, 0.05) is 5.69 Å². The quantitative estimate of drug-likeness (QED) is 0.375. The first-order valence-electron chi connectivity index (χ1n) is 11.1. The fourth-order valence-corrected chi connectivity index (χ4v) is 4.55. The molecule has 10 heteroatoms. The molecule has 0 fully saturated rings. The maximum absolute atomic E-state index is 13.4. The van der Waals surface area contributed by atoms with Crippen molar-refractivity contribution in [2.45, 2.75) is 37.5 Å². The lowest BCUT2D eigenvalue weighted by Crippen LogP contribution is -2.44. The number of rotatable bonds is 6. The third-order valence-corrected chi connectivity index (χ3v) is 6.11. The van der Waals surface area contributed by atoms with Crippen molar-refractivity contribution in [3.63, 3.8) is 0 Å². The zero-order valence-corrected chi connectivity index (χ0v) is 19.1. The Morgan fingerprint density at radius 2 is 1.64 bits per heavy atom. The second kappa shape index (κ2) is 9.93. The fourth-order valence-electron chi connectivity index (χ4n) is 4.55. The molecule has 0 radical (unpaired) electrons. The lowest BCUT2D eigenvalue weighted by molar-refractivity contribution is -0.274. The molecule has 0 amide bonds. The summed E-state index contributed by atoms with van der Waals surface area (Å²) in [6, 6.07) is 16.9. The predicted octanol–water partition coefficient (Wildman–Crippen LogP) is 6.68. The van der Waals surface area contributed by atoms with Crippen LogP contribution in [-0.2, 0) is 6.42 Å². The van der Waals surface area contributed by atoms with Crippen molar-refractivity contribution in [2.75, 3.05) is 18.6 Å². The van der Waals surface area contributed by atoms with E-state index in [2.05, 4.69) is 4.74 Å². The van der Waals surface area contributed by atoms with Gasteiger partial charge in [0.25, 0.3) is 0 Å². The number of nitrogens with zero attached hydrogens (tertiary/aromatic N) is 1. The molecule has 0 saturated carbocycles. The van der Waals surface area contributed by atoms with Crippen molar-refractivity contribution in [2.24, 2.45) is 0 Å². The molecule has 1 N–H and O–H groups in total. The van der Waals surface area contributed by atoms with Crippen LogP contribution in [0.2, 0.25) is 0 Å². The van der Waals surface area contributed by atoms with Crippen LogP contribution in [-0.4, -0.2) is 37.4 Å². The van der Waals surface area contributed by atoms with Gasteiger partial charge >= 0.3 is 12.5 Å². The summed E-state index contributed by atoms with van der Waals surface area (Å²) in [5, 5.41) is 9.93. The Balaban J connectivity index is 1.78. The molecule has 1 aliphatic heterocycles. The highest BCUT2D eigenvalue weighted by Crippen LogP contribution is 2.44. The number of aliphatic hydroxyl groups excluding tert-OH is 1. The first kappa shape index (κ1) is 25.7. The zero-order valence-electron chi connectivity index (χ0n) is 19.1. The molecular formula is C26H23F6NO3. The van der Waals surface area contributed by atoms with E-state index in [0.717, 1.165) is 22.8 Å². The average molecular weight is 511 g/mol. The van der Waals surface area contributed by atoms with Gasteiger partial charge in [0.2, 0.25) is 0 Å². The Morgan fingerprint density at radius 3 is 2.33 bits per heavy atom. The van der Waals surface area contributed by atoms with Crippen LogP contribution in [0.1, 0.15) is 23.6 Å². The van der Waals surface area contributed by atoms with Crippen molar-refractivity contribution in [3.8, 4) is 22.6 Å². The Bertz CT molecular complexity index is 1210. The highest BCUT2D eigenvalue weighted by atomic mass is 19.4. The number of β-amino-alcohol motifs (C(OH)–C–C–N with tert-alkyl or cyclic N) is 1. The molecule has 0 aliphatic carbocycles. The molecule has 4 nitrogen and oxygen atoms in total. The van der Waals surface area contributed by atoms with E-state index in [9.17, 15) is 31.4 Å². The number of alkyl halides is 6. The summed E-state index contributed by atoms with van der Waals surface area (Å²) in [7, 11) is 1.53. The summed E-state index contributed by atoms with van der Waals surface area (Å²) >= 11 is 0. The van der Waals surface area contributed by atoms with Gasteiger partial charge in [-0.2, -0.15) is 13.2 Å². The number of ether oxygens (including phenoxy) is 2.